The van der Waals surface area contributed by atoms with Crippen molar-refractivity contribution in [3.63, 3.8) is 0 Å². The Morgan fingerprint density at radius 1 is 0.604 bits per heavy atom. The Morgan fingerprint density at radius 3 is 1.60 bits per heavy atom. The fourth-order valence-electron chi connectivity index (χ4n) is 4.43. The largest absolute Gasteiger partial charge is 0.481 e. The summed E-state index contributed by atoms with van der Waals surface area (Å²) in [6, 6.07) is -0.712. The predicted molar refractivity (Wildman–Crippen MR) is 176 cm³/mol. The van der Waals surface area contributed by atoms with Crippen LogP contribution in [0, 0.1) is 0 Å². The number of unbranched alkanes of at least 4 members (excludes halogenated alkanes) is 9. The van der Waals surface area contributed by atoms with Crippen LogP contribution in [0.5, 0.6) is 0 Å². The Balaban J connectivity index is 3.79. The van der Waals surface area contributed by atoms with Gasteiger partial charge in [-0.25, -0.2) is 0 Å². The van der Waals surface area contributed by atoms with Crippen LogP contribution >= 0.6 is 0 Å². The third-order valence-corrected chi connectivity index (χ3v) is 7.02. The van der Waals surface area contributed by atoms with Crippen molar-refractivity contribution in [2.24, 2.45) is 5.73 Å². The third kappa shape index (κ3) is 31.7. The average molecular weight is 693 g/mol. The van der Waals surface area contributed by atoms with Crippen molar-refractivity contribution in [1.82, 2.24) is 16.0 Å². The molecular formula is C32H60N4O12. The fraction of sp³-hybridized carbons (Fsp3) is 0.844. The number of aliphatic carboxylic acids is 1. The molecule has 0 rings (SSSR count). The van der Waals surface area contributed by atoms with Gasteiger partial charge in [0.25, 0.3) is 0 Å². The minimum Gasteiger partial charge on any atom is -0.481 e. The molecule has 16 heteroatoms. The van der Waals surface area contributed by atoms with E-state index >= 15 is 0 Å². The molecule has 4 amide bonds. The first-order chi connectivity index (χ1) is 23.1. The van der Waals surface area contributed by atoms with Crippen LogP contribution in [-0.2, 0) is 47.7 Å². The van der Waals surface area contributed by atoms with Crippen LogP contribution in [0.15, 0.2) is 0 Å². The van der Waals surface area contributed by atoms with Crippen LogP contribution in [0.3, 0.4) is 0 Å². The van der Waals surface area contributed by atoms with Crippen LogP contribution in [0.25, 0.3) is 0 Å². The number of carboxylic acid groups (broad SMARTS) is 1. The van der Waals surface area contributed by atoms with Gasteiger partial charge in [-0.2, -0.15) is 0 Å². The Morgan fingerprint density at radius 2 is 1.08 bits per heavy atom. The quantitative estimate of drug-likeness (QED) is 0.0399. The molecule has 2 atom stereocenters. The average Bonchev–Trinajstić information content (AvgIpc) is 3.05. The Kier molecular flexibility index (Phi) is 30.7. The lowest BCUT2D eigenvalue weighted by Crippen LogP contribution is -2.45. The van der Waals surface area contributed by atoms with E-state index in [0.717, 1.165) is 64.2 Å². The summed E-state index contributed by atoms with van der Waals surface area (Å²) in [6.45, 7) is 1.75. The predicted octanol–water partition coefficient (Wildman–Crippen LogP) is 0.766. The summed E-state index contributed by atoms with van der Waals surface area (Å²) in [6.07, 6.45) is 9.63. The van der Waals surface area contributed by atoms with Gasteiger partial charge in [0.1, 0.15) is 13.2 Å². The highest BCUT2D eigenvalue weighted by Crippen LogP contribution is 2.12. The first-order valence-electron chi connectivity index (χ1n) is 17.0. The molecule has 0 spiro atoms. The van der Waals surface area contributed by atoms with Gasteiger partial charge in [0.2, 0.25) is 23.6 Å². The molecule has 0 saturated heterocycles. The van der Waals surface area contributed by atoms with Gasteiger partial charge in [0.05, 0.1) is 45.7 Å². The molecule has 0 aliphatic carbocycles. The smallest absolute Gasteiger partial charge is 0.303 e. The van der Waals surface area contributed by atoms with Gasteiger partial charge in [-0.15, -0.1) is 0 Å². The van der Waals surface area contributed by atoms with Gasteiger partial charge >= 0.3 is 5.97 Å². The van der Waals surface area contributed by atoms with Crippen molar-refractivity contribution in [3.05, 3.63) is 0 Å². The minimum absolute atomic E-state index is 0.0806. The fourth-order valence-corrected chi connectivity index (χ4v) is 4.43. The number of primary amides is 1. The second kappa shape index (κ2) is 32.6. The van der Waals surface area contributed by atoms with Crippen molar-refractivity contribution >= 4 is 29.6 Å². The summed E-state index contributed by atoms with van der Waals surface area (Å²) in [7, 11) is 1.33. The first kappa shape index (κ1) is 45.1. The number of aliphatic hydroxyl groups is 1. The van der Waals surface area contributed by atoms with E-state index in [-0.39, 0.29) is 96.4 Å². The second-order valence-corrected chi connectivity index (χ2v) is 11.3. The van der Waals surface area contributed by atoms with E-state index in [2.05, 4.69) is 16.0 Å². The van der Waals surface area contributed by atoms with Crippen LogP contribution < -0.4 is 21.7 Å². The van der Waals surface area contributed by atoms with E-state index in [0.29, 0.717) is 13.0 Å². The summed E-state index contributed by atoms with van der Waals surface area (Å²) in [4.78, 5) is 57.4. The number of carbonyl (C=O) groups is 5. The number of amides is 4. The number of carboxylic acids is 1. The molecule has 0 aromatic heterocycles. The molecule has 0 aliphatic rings. The zero-order valence-corrected chi connectivity index (χ0v) is 28.7. The zero-order valence-electron chi connectivity index (χ0n) is 28.7. The molecule has 2 unspecified atom stereocenters. The number of rotatable bonds is 35. The topological polar surface area (TPSA) is 234 Å². The minimum atomic E-state index is -1.23. The lowest BCUT2D eigenvalue weighted by Gasteiger charge is -2.23. The SMILES string of the molecule is COC(O)C(CCC(=O)NCCOCCOCC(=O)NCCOCCOCC(N)=O)NC(=O)CCCCCCCCCCCCC(=O)O. The summed E-state index contributed by atoms with van der Waals surface area (Å²) in [5.74, 6) is -2.03. The standard InChI is InChI=1S/C32H60N4O12/c1-44-32(43)26(36-29(39)12-10-8-6-4-2-3-5-7-9-11-13-31(41)42)14-15-28(38)34-16-18-45-21-23-48-25-30(40)35-17-19-46-20-22-47-24-27(33)37/h26,32,43H,2-25H2,1H3,(H2,33,37)(H,34,38)(H,35,40)(H,36,39)(H,41,42). The van der Waals surface area contributed by atoms with Gasteiger partial charge in [-0.1, -0.05) is 51.4 Å². The Bertz CT molecular complexity index is 865. The molecule has 7 N–H and O–H groups in total. The molecule has 0 heterocycles. The van der Waals surface area contributed by atoms with Gasteiger partial charge in [-0.3, -0.25) is 24.0 Å². The van der Waals surface area contributed by atoms with Crippen molar-refractivity contribution in [2.75, 3.05) is 73.1 Å². The number of hydrogen-bond acceptors (Lipinski definition) is 11. The highest BCUT2D eigenvalue weighted by Gasteiger charge is 2.22. The molecule has 280 valence electrons. The zero-order chi connectivity index (χ0) is 35.7. The number of carbonyl (C=O) groups excluding carboxylic acids is 4. The molecule has 16 nitrogen and oxygen atoms in total. The lowest BCUT2D eigenvalue weighted by atomic mass is 10.0. The van der Waals surface area contributed by atoms with Crippen LogP contribution in [0.1, 0.15) is 89.9 Å². The third-order valence-electron chi connectivity index (χ3n) is 7.02. The highest BCUT2D eigenvalue weighted by molar-refractivity contribution is 5.78. The van der Waals surface area contributed by atoms with E-state index in [9.17, 15) is 29.1 Å². The van der Waals surface area contributed by atoms with Crippen LogP contribution in [-0.4, -0.2) is 125 Å². The van der Waals surface area contributed by atoms with Crippen molar-refractivity contribution in [3.8, 4) is 0 Å². The van der Waals surface area contributed by atoms with Crippen LogP contribution in [0.4, 0.5) is 0 Å². The molecule has 0 aromatic rings. The molecule has 0 aromatic carbocycles. The van der Waals surface area contributed by atoms with E-state index in [1.165, 1.54) is 7.11 Å². The maximum Gasteiger partial charge on any atom is 0.303 e. The number of ether oxygens (including phenoxy) is 5. The van der Waals surface area contributed by atoms with Crippen molar-refractivity contribution in [2.45, 2.75) is 102 Å². The molecule has 0 fully saturated rings. The molecule has 0 radical (unpaired) electrons. The molecular weight excluding hydrogens is 632 g/mol. The molecule has 0 saturated carbocycles. The van der Waals surface area contributed by atoms with E-state index < -0.39 is 24.2 Å². The molecule has 48 heavy (non-hydrogen) atoms. The Hall–Kier alpha value is -2.89. The second-order valence-electron chi connectivity index (χ2n) is 11.3. The summed E-state index contributed by atoms with van der Waals surface area (Å²) in [5, 5.41) is 26.9. The van der Waals surface area contributed by atoms with E-state index in [1.54, 1.807) is 0 Å². The van der Waals surface area contributed by atoms with Gasteiger partial charge in [0.15, 0.2) is 6.29 Å². The number of hydrogen-bond donors (Lipinski definition) is 6. The Labute approximate surface area is 284 Å². The normalized spacial score (nSPS) is 12.3. The van der Waals surface area contributed by atoms with Gasteiger partial charge < -0.3 is 55.6 Å². The van der Waals surface area contributed by atoms with E-state index in [1.807, 2.05) is 0 Å². The summed E-state index contributed by atoms with van der Waals surface area (Å²) in [5.41, 5.74) is 4.94. The van der Waals surface area contributed by atoms with Crippen molar-refractivity contribution in [1.29, 1.82) is 0 Å². The summed E-state index contributed by atoms with van der Waals surface area (Å²) >= 11 is 0. The number of nitrogens with two attached hydrogens (primary N) is 1. The molecule has 0 aliphatic heterocycles. The van der Waals surface area contributed by atoms with Gasteiger partial charge in [0, 0.05) is 39.5 Å². The number of aliphatic hydroxyl groups excluding tert-OH is 1. The van der Waals surface area contributed by atoms with E-state index in [4.69, 9.17) is 34.5 Å². The molecule has 0 bridgehead atoms. The number of methoxy groups -OCH3 is 1. The first-order valence-corrected chi connectivity index (χ1v) is 17.0. The maximum absolute atomic E-state index is 12.4. The monoisotopic (exact) mass is 692 g/mol. The van der Waals surface area contributed by atoms with Crippen LogP contribution in [0.2, 0.25) is 0 Å². The van der Waals surface area contributed by atoms with Crippen molar-refractivity contribution < 1.29 is 57.9 Å². The highest BCUT2D eigenvalue weighted by atomic mass is 16.6. The van der Waals surface area contributed by atoms with Gasteiger partial charge in [-0.05, 0) is 19.3 Å². The summed E-state index contributed by atoms with van der Waals surface area (Å²) < 4.78 is 25.8. The number of nitrogens with one attached hydrogen (secondary N) is 3. The lowest BCUT2D eigenvalue weighted by molar-refractivity contribution is -0.137. The maximum atomic E-state index is 12.4.